The highest BCUT2D eigenvalue weighted by atomic mass is 79.9. The second-order valence-electron chi connectivity index (χ2n) is 6.88. The molecule has 0 aliphatic heterocycles. The number of nitrogens with one attached hydrogen (secondary N) is 2. The zero-order valence-corrected chi connectivity index (χ0v) is 19.1. The molecule has 4 aromatic carbocycles. The molecule has 1 amide bonds. The third-order valence-corrected chi connectivity index (χ3v) is 6.65. The highest BCUT2D eigenvalue weighted by molar-refractivity contribution is 9.10. The molecule has 0 aliphatic carbocycles. The summed E-state index contributed by atoms with van der Waals surface area (Å²) < 4.78 is 26.0. The van der Waals surface area contributed by atoms with Crippen LogP contribution in [0.1, 0.15) is 15.9 Å². The molecule has 32 heavy (non-hydrogen) atoms. The normalized spacial score (nSPS) is 11.5. The molecule has 0 saturated carbocycles. The molecule has 0 spiro atoms. The Balaban J connectivity index is 1.52. The summed E-state index contributed by atoms with van der Waals surface area (Å²) in [7, 11) is -3.85. The Morgan fingerprint density at radius 3 is 2.34 bits per heavy atom. The zero-order chi connectivity index (χ0) is 22.6. The predicted molar refractivity (Wildman–Crippen MR) is 130 cm³/mol. The number of sulfonamides is 1. The maximum Gasteiger partial charge on any atom is 0.276 e. The third kappa shape index (κ3) is 4.87. The number of anilines is 1. The van der Waals surface area contributed by atoms with Gasteiger partial charge in [-0.3, -0.25) is 4.79 Å². The number of benzene rings is 4. The van der Waals surface area contributed by atoms with Crippen molar-refractivity contribution < 1.29 is 13.2 Å². The number of fused-ring (bicyclic) bond motifs is 1. The third-order valence-electron chi connectivity index (χ3n) is 4.74. The summed E-state index contributed by atoms with van der Waals surface area (Å²) in [5.41, 5.74) is 1.53. The van der Waals surface area contributed by atoms with Crippen LogP contribution >= 0.6 is 15.9 Å². The van der Waals surface area contributed by atoms with E-state index in [4.69, 9.17) is 0 Å². The van der Waals surface area contributed by atoms with Crippen LogP contribution < -0.4 is 10.1 Å². The number of nitrogens with zero attached hydrogens (tertiary/aromatic N) is 1. The van der Waals surface area contributed by atoms with Gasteiger partial charge in [0.25, 0.3) is 15.9 Å². The molecule has 0 atom stereocenters. The summed E-state index contributed by atoms with van der Waals surface area (Å²) in [6, 6.07) is 26.4. The van der Waals surface area contributed by atoms with E-state index in [9.17, 15) is 13.2 Å². The SMILES string of the molecule is O=C(Nc1ccccc1/C=N/NS(=O)(=O)c1ccc2ccccc2c1)c1ccccc1Br. The average molecular weight is 508 g/mol. The zero-order valence-electron chi connectivity index (χ0n) is 16.7. The summed E-state index contributed by atoms with van der Waals surface area (Å²) in [6.45, 7) is 0. The van der Waals surface area contributed by atoms with Gasteiger partial charge in [-0.05, 0) is 57.0 Å². The molecule has 160 valence electrons. The van der Waals surface area contributed by atoms with E-state index in [1.165, 1.54) is 12.3 Å². The number of rotatable bonds is 6. The highest BCUT2D eigenvalue weighted by Gasteiger charge is 2.14. The number of hydrogen-bond donors (Lipinski definition) is 2. The first-order valence-corrected chi connectivity index (χ1v) is 11.9. The second-order valence-corrected chi connectivity index (χ2v) is 9.40. The van der Waals surface area contributed by atoms with Gasteiger partial charge in [0.15, 0.2) is 0 Å². The fraction of sp³-hybridized carbons (Fsp3) is 0. The van der Waals surface area contributed by atoms with Crippen molar-refractivity contribution in [1.29, 1.82) is 0 Å². The Kier molecular flexibility index (Phi) is 6.34. The lowest BCUT2D eigenvalue weighted by Gasteiger charge is -2.09. The Labute approximate surface area is 194 Å². The topological polar surface area (TPSA) is 87.6 Å². The quantitative estimate of drug-likeness (QED) is 0.278. The summed E-state index contributed by atoms with van der Waals surface area (Å²) in [6.07, 6.45) is 1.36. The predicted octanol–water partition coefficient (Wildman–Crippen LogP) is 5.17. The van der Waals surface area contributed by atoms with E-state index in [-0.39, 0.29) is 10.8 Å². The minimum Gasteiger partial charge on any atom is -0.321 e. The Bertz CT molecular complexity index is 1440. The molecular formula is C24H18BrN3O3S. The van der Waals surface area contributed by atoms with Crippen LogP contribution in [0.5, 0.6) is 0 Å². The number of carbonyl (C=O) groups excluding carboxylic acids is 1. The summed E-state index contributed by atoms with van der Waals surface area (Å²) >= 11 is 3.37. The summed E-state index contributed by atoms with van der Waals surface area (Å²) in [5.74, 6) is -0.296. The van der Waals surface area contributed by atoms with Crippen LogP contribution in [-0.4, -0.2) is 20.5 Å². The van der Waals surface area contributed by atoms with Crippen LogP contribution in [0.3, 0.4) is 0 Å². The fourth-order valence-electron chi connectivity index (χ4n) is 3.11. The Morgan fingerprint density at radius 2 is 1.53 bits per heavy atom. The molecular weight excluding hydrogens is 490 g/mol. The average Bonchev–Trinajstić information content (AvgIpc) is 2.80. The minimum absolute atomic E-state index is 0.115. The fourth-order valence-corrected chi connectivity index (χ4v) is 4.40. The summed E-state index contributed by atoms with van der Waals surface area (Å²) in [5, 5.41) is 8.50. The van der Waals surface area contributed by atoms with Crippen LogP contribution in [-0.2, 0) is 10.0 Å². The lowest BCUT2D eigenvalue weighted by Crippen LogP contribution is -2.18. The van der Waals surface area contributed by atoms with Crippen LogP contribution in [0.25, 0.3) is 10.8 Å². The molecule has 8 heteroatoms. The maximum atomic E-state index is 12.7. The molecule has 4 rings (SSSR count). The smallest absolute Gasteiger partial charge is 0.276 e. The first kappa shape index (κ1) is 21.7. The first-order valence-electron chi connectivity index (χ1n) is 9.63. The van der Waals surface area contributed by atoms with Gasteiger partial charge in [0.05, 0.1) is 16.7 Å². The number of hydrazone groups is 1. The number of hydrogen-bond acceptors (Lipinski definition) is 4. The van der Waals surface area contributed by atoms with Gasteiger partial charge in [-0.15, -0.1) is 0 Å². The van der Waals surface area contributed by atoms with Gasteiger partial charge < -0.3 is 5.32 Å². The van der Waals surface area contributed by atoms with Crippen molar-refractivity contribution in [1.82, 2.24) is 4.83 Å². The molecule has 0 fully saturated rings. The van der Waals surface area contributed by atoms with E-state index in [2.05, 4.69) is 31.2 Å². The van der Waals surface area contributed by atoms with Gasteiger partial charge in [0.1, 0.15) is 0 Å². The molecule has 0 bridgehead atoms. The van der Waals surface area contributed by atoms with E-state index in [0.717, 1.165) is 10.8 Å². The molecule has 0 saturated heterocycles. The van der Waals surface area contributed by atoms with E-state index in [0.29, 0.717) is 21.3 Å². The lowest BCUT2D eigenvalue weighted by atomic mass is 10.1. The Hall–Kier alpha value is -3.49. The molecule has 0 unspecified atom stereocenters. The highest BCUT2D eigenvalue weighted by Crippen LogP contribution is 2.20. The van der Waals surface area contributed by atoms with Crippen molar-refractivity contribution in [2.75, 3.05) is 5.32 Å². The Morgan fingerprint density at radius 1 is 0.844 bits per heavy atom. The van der Waals surface area contributed by atoms with Gasteiger partial charge in [-0.2, -0.15) is 13.5 Å². The van der Waals surface area contributed by atoms with E-state index < -0.39 is 10.0 Å². The molecule has 0 aliphatic rings. The van der Waals surface area contributed by atoms with Gasteiger partial charge in [-0.1, -0.05) is 60.7 Å². The van der Waals surface area contributed by atoms with Crippen LogP contribution in [0.15, 0.2) is 105 Å². The van der Waals surface area contributed by atoms with Gasteiger partial charge in [0.2, 0.25) is 0 Å². The molecule has 0 heterocycles. The van der Waals surface area contributed by atoms with E-state index in [1.54, 1.807) is 54.6 Å². The van der Waals surface area contributed by atoms with Crippen LogP contribution in [0.2, 0.25) is 0 Å². The van der Waals surface area contributed by atoms with Crippen molar-refractivity contribution >= 4 is 54.5 Å². The van der Waals surface area contributed by atoms with Crippen molar-refractivity contribution in [3.05, 3.63) is 107 Å². The largest absolute Gasteiger partial charge is 0.321 e. The van der Waals surface area contributed by atoms with Gasteiger partial charge in [-0.25, -0.2) is 4.83 Å². The van der Waals surface area contributed by atoms with E-state index >= 15 is 0 Å². The molecule has 4 aromatic rings. The number of halogens is 1. The second kappa shape index (κ2) is 9.33. The lowest BCUT2D eigenvalue weighted by molar-refractivity contribution is 0.102. The molecule has 0 aromatic heterocycles. The maximum absolute atomic E-state index is 12.7. The summed E-state index contributed by atoms with van der Waals surface area (Å²) in [4.78, 5) is 15.0. The standard InChI is InChI=1S/C24H18BrN3O3S/c25-22-11-5-4-10-21(22)24(29)27-23-12-6-3-9-19(23)16-26-28-32(30,31)20-14-13-17-7-1-2-8-18(17)15-20/h1-16,28H,(H,27,29)/b26-16+. The van der Waals surface area contributed by atoms with Crippen molar-refractivity contribution in [2.45, 2.75) is 4.90 Å². The molecule has 6 nitrogen and oxygen atoms in total. The minimum atomic E-state index is -3.85. The van der Waals surface area contributed by atoms with Crippen LogP contribution in [0.4, 0.5) is 5.69 Å². The monoisotopic (exact) mass is 507 g/mol. The molecule has 2 N–H and O–H groups in total. The number of carbonyl (C=O) groups is 1. The first-order chi connectivity index (χ1) is 15.4. The molecule has 0 radical (unpaired) electrons. The van der Waals surface area contributed by atoms with Crippen molar-refractivity contribution in [2.24, 2.45) is 5.10 Å². The number of amides is 1. The number of para-hydroxylation sites is 1. The van der Waals surface area contributed by atoms with Gasteiger partial charge >= 0.3 is 0 Å². The van der Waals surface area contributed by atoms with E-state index in [1.807, 2.05) is 30.3 Å². The van der Waals surface area contributed by atoms with Crippen molar-refractivity contribution in [3.8, 4) is 0 Å². The van der Waals surface area contributed by atoms with Crippen molar-refractivity contribution in [3.63, 3.8) is 0 Å². The van der Waals surface area contributed by atoms with Crippen LogP contribution in [0, 0.1) is 0 Å². The van der Waals surface area contributed by atoms with Gasteiger partial charge in [0, 0.05) is 15.7 Å².